The molecule has 2 amide bonds. The normalized spacial score (nSPS) is 14.2. The van der Waals surface area contributed by atoms with Crippen LogP contribution in [0.1, 0.15) is 84.4 Å². The van der Waals surface area contributed by atoms with Crippen LogP contribution in [0.15, 0.2) is 107 Å². The molecule has 264 valence electrons. The van der Waals surface area contributed by atoms with Gasteiger partial charge in [0, 0.05) is 21.9 Å². The van der Waals surface area contributed by atoms with Gasteiger partial charge in [0.15, 0.2) is 0 Å². The Morgan fingerprint density at radius 1 is 0.800 bits per heavy atom. The molecular formula is C42H51N3O4S. The molecule has 0 atom stereocenters. The largest absolute Gasteiger partial charge is 0.481 e. The van der Waals surface area contributed by atoms with Crippen LogP contribution in [0.4, 0.5) is 5.69 Å². The third-order valence-electron chi connectivity index (χ3n) is 8.82. The van der Waals surface area contributed by atoms with E-state index < -0.39 is 5.97 Å². The molecule has 6 rings (SSSR count). The average Bonchev–Trinajstić information content (AvgIpc) is 3.26. The second-order valence-electron chi connectivity index (χ2n) is 12.1. The number of carbonyl (C=O) groups excluding carboxylic acids is 2. The van der Waals surface area contributed by atoms with Crippen LogP contribution in [0.25, 0.3) is 0 Å². The Kier molecular flexibility index (Phi) is 15.1. The van der Waals surface area contributed by atoms with Gasteiger partial charge in [-0.2, -0.15) is 0 Å². The maximum atomic E-state index is 13.9. The van der Waals surface area contributed by atoms with E-state index in [0.29, 0.717) is 35.5 Å². The van der Waals surface area contributed by atoms with Crippen molar-refractivity contribution in [2.75, 3.05) is 31.1 Å². The van der Waals surface area contributed by atoms with Crippen molar-refractivity contribution >= 4 is 35.2 Å². The number of carboxylic acid groups (broad SMARTS) is 1. The van der Waals surface area contributed by atoms with E-state index >= 15 is 0 Å². The summed E-state index contributed by atoms with van der Waals surface area (Å²) in [6, 6.07) is 31.1. The second-order valence-corrected chi connectivity index (χ2v) is 13.2. The van der Waals surface area contributed by atoms with Crippen molar-refractivity contribution in [1.82, 2.24) is 10.2 Å². The Morgan fingerprint density at radius 3 is 2.16 bits per heavy atom. The van der Waals surface area contributed by atoms with E-state index in [1.807, 2.05) is 82.3 Å². The number of rotatable bonds is 11. The summed E-state index contributed by atoms with van der Waals surface area (Å²) < 4.78 is 0. The highest BCUT2D eigenvalue weighted by molar-refractivity contribution is 7.99. The first kappa shape index (κ1) is 38.4. The molecule has 7 nitrogen and oxygen atoms in total. The Morgan fingerprint density at radius 2 is 1.46 bits per heavy atom. The van der Waals surface area contributed by atoms with Gasteiger partial charge in [0.1, 0.15) is 0 Å². The molecule has 8 heteroatoms. The summed E-state index contributed by atoms with van der Waals surface area (Å²) in [6.45, 7) is 12.0. The number of hydrogen-bond donors (Lipinski definition) is 2. The number of nitrogens with one attached hydrogen (secondary N) is 1. The summed E-state index contributed by atoms with van der Waals surface area (Å²) in [7, 11) is 0. The molecule has 0 spiro atoms. The van der Waals surface area contributed by atoms with Crippen LogP contribution in [-0.2, 0) is 24.2 Å². The molecule has 0 radical (unpaired) electrons. The monoisotopic (exact) mass is 693 g/mol. The van der Waals surface area contributed by atoms with Gasteiger partial charge in [0.05, 0.1) is 24.2 Å². The summed E-state index contributed by atoms with van der Waals surface area (Å²) in [6.07, 6.45) is 4.40. The molecule has 50 heavy (non-hydrogen) atoms. The lowest BCUT2D eigenvalue weighted by atomic mass is 9.90. The van der Waals surface area contributed by atoms with E-state index in [4.69, 9.17) is 5.11 Å². The molecule has 0 bridgehead atoms. The van der Waals surface area contributed by atoms with E-state index in [1.54, 1.807) is 17.0 Å². The topological polar surface area (TPSA) is 90.0 Å². The number of carboxylic acids is 1. The molecule has 0 aromatic heterocycles. The number of anilines is 1. The van der Waals surface area contributed by atoms with Crippen molar-refractivity contribution in [3.63, 3.8) is 0 Å². The summed E-state index contributed by atoms with van der Waals surface area (Å²) in [5.41, 5.74) is 4.81. The predicted molar refractivity (Wildman–Crippen MR) is 204 cm³/mol. The zero-order valence-electron chi connectivity index (χ0n) is 29.9. The molecule has 2 heterocycles. The fourth-order valence-corrected chi connectivity index (χ4v) is 7.36. The fraction of sp³-hybridized carbons (Fsp3) is 0.357. The minimum atomic E-state index is -0.886. The predicted octanol–water partition coefficient (Wildman–Crippen LogP) is 8.75. The summed E-state index contributed by atoms with van der Waals surface area (Å²) >= 11 is 1.52. The van der Waals surface area contributed by atoms with E-state index in [2.05, 4.69) is 40.5 Å². The molecular weight excluding hydrogens is 643 g/mol. The van der Waals surface area contributed by atoms with Gasteiger partial charge in [-0.1, -0.05) is 106 Å². The van der Waals surface area contributed by atoms with Crippen molar-refractivity contribution in [1.29, 1.82) is 0 Å². The Hall–Kier alpha value is -4.40. The van der Waals surface area contributed by atoms with E-state index in [1.165, 1.54) is 30.2 Å². The maximum Gasteiger partial charge on any atom is 0.307 e. The Labute approximate surface area is 302 Å². The number of nitrogens with zero attached hydrogens (tertiary/aromatic N) is 2. The fourth-order valence-electron chi connectivity index (χ4n) is 6.31. The highest BCUT2D eigenvalue weighted by Crippen LogP contribution is 2.42. The molecule has 2 aliphatic heterocycles. The zero-order valence-corrected chi connectivity index (χ0v) is 30.7. The van der Waals surface area contributed by atoms with Crippen molar-refractivity contribution in [3.05, 3.63) is 125 Å². The minimum Gasteiger partial charge on any atom is -0.481 e. The number of fused-ring (bicyclic) bond motifs is 2. The van der Waals surface area contributed by atoms with Gasteiger partial charge in [0.2, 0.25) is 0 Å². The highest BCUT2D eigenvalue weighted by atomic mass is 32.2. The number of hydrogen-bond acceptors (Lipinski definition) is 5. The van der Waals surface area contributed by atoms with Crippen molar-refractivity contribution in [2.24, 2.45) is 5.92 Å². The lowest BCUT2D eigenvalue weighted by molar-refractivity contribution is -0.136. The number of aliphatic carboxylic acids is 1. The Balaban J connectivity index is 0.00000136. The van der Waals surface area contributed by atoms with E-state index in [0.717, 1.165) is 53.7 Å². The first-order chi connectivity index (χ1) is 24.4. The maximum absolute atomic E-state index is 13.9. The SMILES string of the molecule is CC.CC.O=C(O)Cc1ccc(CN2C(=O)c3ccccc3Sc3ccc(C(=O)NCCCN4CCC(Cc5ccccc5)CC4)cc32)cc1. The molecule has 1 fully saturated rings. The van der Waals surface area contributed by atoms with Gasteiger partial charge < -0.3 is 20.2 Å². The van der Waals surface area contributed by atoms with Crippen molar-refractivity contribution in [2.45, 2.75) is 76.1 Å². The molecule has 2 N–H and O–H groups in total. The summed E-state index contributed by atoms with van der Waals surface area (Å²) in [5, 5.41) is 12.2. The van der Waals surface area contributed by atoms with Crippen LogP contribution in [0.3, 0.4) is 0 Å². The standard InChI is InChI=1S/C38H39N3O4S.2C2H6/c42-36(43)24-28-11-13-30(14-12-28)26-41-33-25-31(15-16-35(33)46-34-10-5-4-9-32(34)38(41)45)37(44)39-19-6-20-40-21-17-29(18-22-40)23-27-7-2-1-3-8-27;2*1-2/h1-5,7-16,25,29H,6,17-24,26H2,(H,39,44)(H,42,43);2*1-2H3. The first-order valence-electron chi connectivity index (χ1n) is 18.0. The second kappa shape index (κ2) is 19.7. The smallest absolute Gasteiger partial charge is 0.307 e. The van der Waals surface area contributed by atoms with E-state index in [-0.39, 0.29) is 18.2 Å². The van der Waals surface area contributed by atoms with Crippen LogP contribution in [0, 0.1) is 5.92 Å². The first-order valence-corrected chi connectivity index (χ1v) is 18.8. The van der Waals surface area contributed by atoms with Crippen LogP contribution < -0.4 is 10.2 Å². The zero-order chi connectivity index (χ0) is 35.9. The van der Waals surface area contributed by atoms with Crippen LogP contribution >= 0.6 is 11.8 Å². The third kappa shape index (κ3) is 10.6. The average molecular weight is 694 g/mol. The van der Waals surface area contributed by atoms with Gasteiger partial charge >= 0.3 is 5.97 Å². The molecule has 2 aliphatic rings. The lowest BCUT2D eigenvalue weighted by Crippen LogP contribution is -2.36. The van der Waals surface area contributed by atoms with Crippen LogP contribution in [-0.4, -0.2) is 54.0 Å². The van der Waals surface area contributed by atoms with Crippen LogP contribution in [0.2, 0.25) is 0 Å². The van der Waals surface area contributed by atoms with Gasteiger partial charge in [-0.25, -0.2) is 0 Å². The molecule has 4 aromatic carbocycles. The Bertz CT molecular complexity index is 1690. The molecule has 0 aliphatic carbocycles. The van der Waals surface area contributed by atoms with Crippen LogP contribution in [0.5, 0.6) is 0 Å². The van der Waals surface area contributed by atoms with Gasteiger partial charge in [-0.05, 0) is 98.3 Å². The van der Waals surface area contributed by atoms with Crippen molar-refractivity contribution in [3.8, 4) is 0 Å². The third-order valence-corrected chi connectivity index (χ3v) is 9.97. The number of benzene rings is 4. The molecule has 0 saturated carbocycles. The number of piperidine rings is 1. The van der Waals surface area contributed by atoms with E-state index in [9.17, 15) is 14.4 Å². The summed E-state index contributed by atoms with van der Waals surface area (Å²) in [4.78, 5) is 44.3. The van der Waals surface area contributed by atoms with Gasteiger partial charge in [0.25, 0.3) is 11.8 Å². The van der Waals surface area contributed by atoms with Crippen molar-refractivity contribution < 1.29 is 19.5 Å². The minimum absolute atomic E-state index is 0.0541. The number of amides is 2. The lowest BCUT2D eigenvalue weighted by Gasteiger charge is -2.32. The molecule has 4 aromatic rings. The molecule has 0 unspecified atom stereocenters. The molecule has 1 saturated heterocycles. The van der Waals surface area contributed by atoms with Gasteiger partial charge in [-0.15, -0.1) is 0 Å². The number of likely N-dealkylation sites (tertiary alicyclic amines) is 1. The summed E-state index contributed by atoms with van der Waals surface area (Å²) in [5.74, 6) is -0.439. The number of carbonyl (C=O) groups is 3. The van der Waals surface area contributed by atoms with Gasteiger partial charge in [-0.3, -0.25) is 14.4 Å². The highest BCUT2D eigenvalue weighted by Gasteiger charge is 2.28. The quantitative estimate of drug-likeness (QED) is 0.153.